The van der Waals surface area contributed by atoms with Crippen molar-refractivity contribution < 1.29 is 9.15 Å². The van der Waals surface area contributed by atoms with Gasteiger partial charge in [0.2, 0.25) is 5.89 Å². The van der Waals surface area contributed by atoms with Crippen molar-refractivity contribution in [3.8, 4) is 17.2 Å². The molecule has 1 saturated carbocycles. The maximum Gasteiger partial charge on any atom is 0.262 e. The van der Waals surface area contributed by atoms with E-state index in [-0.39, 0.29) is 11.6 Å². The van der Waals surface area contributed by atoms with Gasteiger partial charge in [0.05, 0.1) is 23.7 Å². The highest BCUT2D eigenvalue weighted by Crippen LogP contribution is 2.37. The van der Waals surface area contributed by atoms with Crippen LogP contribution in [0.4, 0.5) is 0 Å². The second kappa shape index (κ2) is 7.40. The van der Waals surface area contributed by atoms with Gasteiger partial charge in [0.1, 0.15) is 12.0 Å². The Labute approximate surface area is 171 Å². The van der Waals surface area contributed by atoms with Gasteiger partial charge in [0.25, 0.3) is 5.56 Å². The van der Waals surface area contributed by atoms with E-state index in [1.165, 1.54) is 11.8 Å². The van der Waals surface area contributed by atoms with Crippen LogP contribution in [-0.2, 0) is 5.75 Å². The van der Waals surface area contributed by atoms with E-state index >= 15 is 0 Å². The fourth-order valence-electron chi connectivity index (χ4n) is 3.26. The van der Waals surface area contributed by atoms with Crippen molar-refractivity contribution >= 4 is 22.7 Å². The summed E-state index contributed by atoms with van der Waals surface area (Å²) in [6.07, 6.45) is 3.71. The molecular weight excluding hydrogens is 386 g/mol. The zero-order chi connectivity index (χ0) is 19.8. The third-order valence-corrected chi connectivity index (χ3v) is 5.91. The zero-order valence-corrected chi connectivity index (χ0v) is 16.7. The highest BCUT2D eigenvalue weighted by Gasteiger charge is 2.28. The highest BCUT2D eigenvalue weighted by atomic mass is 32.2. The lowest BCUT2D eigenvalue weighted by Gasteiger charge is -2.11. The summed E-state index contributed by atoms with van der Waals surface area (Å²) in [7, 11) is 1.64. The molecule has 1 aliphatic carbocycles. The predicted octanol–water partition coefficient (Wildman–Crippen LogP) is 4.69. The second-order valence-corrected chi connectivity index (χ2v) is 7.92. The Morgan fingerprint density at radius 3 is 2.69 bits per heavy atom. The standard InChI is InChI=1S/C22H19N3O3S/c1-27-17-10-6-14(7-11-17)20-23-15(12-28-20)13-29-22-24-19-5-3-2-4-18(19)21(26)25(22)16-8-9-16/h2-7,10-12,16H,8-9,13H2,1H3. The first-order valence-electron chi connectivity index (χ1n) is 9.46. The van der Waals surface area contributed by atoms with E-state index in [2.05, 4.69) is 4.98 Å². The molecule has 2 aromatic heterocycles. The minimum Gasteiger partial charge on any atom is -0.497 e. The Morgan fingerprint density at radius 1 is 1.14 bits per heavy atom. The second-order valence-electron chi connectivity index (χ2n) is 6.98. The number of oxazole rings is 1. The Hall–Kier alpha value is -3.06. The first-order valence-corrected chi connectivity index (χ1v) is 10.4. The number of aromatic nitrogens is 3. The maximum absolute atomic E-state index is 12.9. The van der Waals surface area contributed by atoms with Gasteiger partial charge in [-0.3, -0.25) is 9.36 Å². The van der Waals surface area contributed by atoms with Gasteiger partial charge in [-0.05, 0) is 49.2 Å². The van der Waals surface area contributed by atoms with Crippen LogP contribution in [0.15, 0.2) is 69.2 Å². The number of benzene rings is 2. The summed E-state index contributed by atoms with van der Waals surface area (Å²) in [5.74, 6) is 1.93. The molecule has 0 unspecified atom stereocenters. The fraction of sp³-hybridized carbons (Fsp3) is 0.227. The molecule has 0 spiro atoms. The van der Waals surface area contributed by atoms with Crippen molar-refractivity contribution in [1.29, 1.82) is 0 Å². The van der Waals surface area contributed by atoms with E-state index < -0.39 is 0 Å². The smallest absolute Gasteiger partial charge is 0.262 e. The van der Waals surface area contributed by atoms with Crippen molar-refractivity contribution in [3.05, 3.63) is 70.8 Å². The van der Waals surface area contributed by atoms with Crippen LogP contribution in [0.1, 0.15) is 24.6 Å². The van der Waals surface area contributed by atoms with Crippen molar-refractivity contribution in [2.24, 2.45) is 0 Å². The van der Waals surface area contributed by atoms with Crippen molar-refractivity contribution in [2.45, 2.75) is 29.8 Å². The number of fused-ring (bicyclic) bond motifs is 1. The molecule has 146 valence electrons. The number of rotatable bonds is 6. The minimum atomic E-state index is 0.0414. The third kappa shape index (κ3) is 3.53. The van der Waals surface area contributed by atoms with Crippen molar-refractivity contribution in [2.75, 3.05) is 7.11 Å². The summed E-state index contributed by atoms with van der Waals surface area (Å²) >= 11 is 1.52. The highest BCUT2D eigenvalue weighted by molar-refractivity contribution is 7.98. The number of hydrogen-bond donors (Lipinski definition) is 0. The van der Waals surface area contributed by atoms with Crippen LogP contribution in [0.3, 0.4) is 0 Å². The molecule has 6 nitrogen and oxygen atoms in total. The van der Waals surface area contributed by atoms with Crippen molar-refractivity contribution in [3.63, 3.8) is 0 Å². The number of ether oxygens (including phenoxy) is 1. The van der Waals surface area contributed by atoms with Crippen LogP contribution in [-0.4, -0.2) is 21.6 Å². The van der Waals surface area contributed by atoms with Crippen LogP contribution in [0.25, 0.3) is 22.4 Å². The number of nitrogens with zero attached hydrogens (tertiary/aromatic N) is 3. The summed E-state index contributed by atoms with van der Waals surface area (Å²) in [5.41, 5.74) is 2.47. The largest absolute Gasteiger partial charge is 0.497 e. The quantitative estimate of drug-likeness (QED) is 0.342. The van der Waals surface area contributed by atoms with Crippen molar-refractivity contribution in [1.82, 2.24) is 14.5 Å². The molecule has 4 aromatic rings. The molecule has 0 N–H and O–H groups in total. The average Bonchev–Trinajstić information content (AvgIpc) is 3.48. The molecule has 2 aromatic carbocycles. The monoisotopic (exact) mass is 405 g/mol. The summed E-state index contributed by atoms with van der Waals surface area (Å²) in [6, 6.07) is 15.4. The van der Waals surface area contributed by atoms with Gasteiger partial charge in [0.15, 0.2) is 5.16 Å². The predicted molar refractivity (Wildman–Crippen MR) is 112 cm³/mol. The van der Waals surface area contributed by atoms with E-state index in [1.807, 2.05) is 53.1 Å². The lowest BCUT2D eigenvalue weighted by Crippen LogP contribution is -2.22. The first-order chi connectivity index (χ1) is 14.2. The molecule has 0 radical (unpaired) electrons. The van der Waals surface area contributed by atoms with Gasteiger partial charge in [-0.15, -0.1) is 0 Å². The van der Waals surface area contributed by atoms with Crippen LogP contribution in [0, 0.1) is 0 Å². The number of methoxy groups -OCH3 is 1. The Morgan fingerprint density at radius 2 is 1.93 bits per heavy atom. The number of hydrogen-bond acceptors (Lipinski definition) is 6. The molecule has 0 aliphatic heterocycles. The van der Waals surface area contributed by atoms with Gasteiger partial charge in [-0.1, -0.05) is 23.9 Å². The van der Waals surface area contributed by atoms with Crippen LogP contribution >= 0.6 is 11.8 Å². The Kier molecular flexibility index (Phi) is 4.60. The lowest BCUT2D eigenvalue weighted by atomic mass is 10.2. The molecule has 0 saturated heterocycles. The average molecular weight is 405 g/mol. The summed E-state index contributed by atoms with van der Waals surface area (Å²) < 4.78 is 12.7. The lowest BCUT2D eigenvalue weighted by molar-refractivity contribution is 0.415. The molecule has 29 heavy (non-hydrogen) atoms. The molecule has 1 fully saturated rings. The van der Waals surface area contributed by atoms with Crippen LogP contribution in [0.5, 0.6) is 5.75 Å². The zero-order valence-electron chi connectivity index (χ0n) is 15.9. The molecular formula is C22H19N3O3S. The summed E-state index contributed by atoms with van der Waals surface area (Å²) in [4.78, 5) is 22.3. The summed E-state index contributed by atoms with van der Waals surface area (Å²) in [5, 5.41) is 1.41. The third-order valence-electron chi connectivity index (χ3n) is 4.93. The van der Waals surface area contributed by atoms with Gasteiger partial charge in [-0.2, -0.15) is 0 Å². The normalized spacial score (nSPS) is 13.7. The molecule has 7 heteroatoms. The van der Waals surface area contributed by atoms with Crippen LogP contribution in [0.2, 0.25) is 0 Å². The van der Waals surface area contributed by atoms with Crippen LogP contribution < -0.4 is 10.3 Å². The van der Waals surface area contributed by atoms with Gasteiger partial charge in [0, 0.05) is 17.4 Å². The van der Waals surface area contributed by atoms with E-state index in [1.54, 1.807) is 13.4 Å². The first kappa shape index (κ1) is 18.0. The molecule has 0 amide bonds. The van der Waals surface area contributed by atoms with E-state index in [0.717, 1.165) is 40.5 Å². The molecule has 1 aliphatic rings. The minimum absolute atomic E-state index is 0.0414. The summed E-state index contributed by atoms with van der Waals surface area (Å²) in [6.45, 7) is 0. The SMILES string of the molecule is COc1ccc(-c2nc(CSc3nc4ccccc4c(=O)n3C3CC3)co2)cc1. The Bertz CT molecular complexity index is 1230. The van der Waals surface area contributed by atoms with E-state index in [9.17, 15) is 4.79 Å². The van der Waals surface area contributed by atoms with Gasteiger partial charge >= 0.3 is 0 Å². The van der Waals surface area contributed by atoms with Gasteiger partial charge in [-0.25, -0.2) is 9.97 Å². The molecule has 5 rings (SSSR count). The van der Waals surface area contributed by atoms with E-state index in [0.29, 0.717) is 17.0 Å². The fourth-order valence-corrected chi connectivity index (χ4v) is 4.20. The van der Waals surface area contributed by atoms with E-state index in [4.69, 9.17) is 14.1 Å². The number of para-hydroxylation sites is 1. The van der Waals surface area contributed by atoms with Gasteiger partial charge < -0.3 is 9.15 Å². The Balaban J connectivity index is 1.40. The maximum atomic E-state index is 12.9. The molecule has 2 heterocycles. The molecule has 0 atom stereocenters. The molecule has 0 bridgehead atoms. The topological polar surface area (TPSA) is 70.2 Å². The number of thioether (sulfide) groups is 1.